The molecule has 0 bridgehead atoms. The highest BCUT2D eigenvalue weighted by Gasteiger charge is 2.15. The van der Waals surface area contributed by atoms with E-state index >= 15 is 0 Å². The maximum absolute atomic E-state index is 13.5. The molecule has 6 heteroatoms. The van der Waals surface area contributed by atoms with E-state index in [4.69, 9.17) is 9.47 Å². The third kappa shape index (κ3) is 5.18. The summed E-state index contributed by atoms with van der Waals surface area (Å²) >= 11 is 0. The zero-order valence-electron chi connectivity index (χ0n) is 13.1. The highest BCUT2D eigenvalue weighted by molar-refractivity contribution is 5.79. The molecule has 2 rings (SSSR count). The van der Waals surface area contributed by atoms with E-state index < -0.39 is 0 Å². The number of halogens is 1. The van der Waals surface area contributed by atoms with Crippen LogP contribution < -0.4 is 15.4 Å². The summed E-state index contributed by atoms with van der Waals surface area (Å²) < 4.78 is 24.6. The van der Waals surface area contributed by atoms with Crippen LogP contribution in [0.5, 0.6) is 5.75 Å². The number of aliphatic imine (C=N–C) groups is 1. The number of rotatable bonds is 6. The number of nitrogens with zero attached hydrogens (tertiary/aromatic N) is 1. The van der Waals surface area contributed by atoms with Gasteiger partial charge in [0.05, 0.1) is 12.6 Å². The average Bonchev–Trinajstić information content (AvgIpc) is 3.03. The van der Waals surface area contributed by atoms with Crippen molar-refractivity contribution >= 4 is 5.96 Å². The fraction of sp³-hybridized carbons (Fsp3) is 0.562. The number of hydrogen-bond donors (Lipinski definition) is 2. The van der Waals surface area contributed by atoms with Gasteiger partial charge in [-0.1, -0.05) is 12.1 Å². The minimum Gasteiger partial charge on any atom is -0.486 e. The fourth-order valence-electron chi connectivity index (χ4n) is 2.28. The number of para-hydroxylation sites is 1. The first kappa shape index (κ1) is 16.5. The molecule has 5 nitrogen and oxygen atoms in total. The molecule has 1 aromatic carbocycles. The van der Waals surface area contributed by atoms with Crippen LogP contribution >= 0.6 is 0 Å². The van der Waals surface area contributed by atoms with Crippen molar-refractivity contribution in [2.24, 2.45) is 4.99 Å². The molecule has 0 aliphatic carbocycles. The Kier molecular flexibility index (Phi) is 6.45. The van der Waals surface area contributed by atoms with Gasteiger partial charge in [-0.25, -0.2) is 4.39 Å². The van der Waals surface area contributed by atoms with Crippen molar-refractivity contribution < 1.29 is 13.9 Å². The lowest BCUT2D eigenvalue weighted by Crippen LogP contribution is -2.44. The van der Waals surface area contributed by atoms with Gasteiger partial charge in [0.15, 0.2) is 17.5 Å². The lowest BCUT2D eigenvalue weighted by molar-refractivity contribution is 0.113. The van der Waals surface area contributed by atoms with Gasteiger partial charge in [0.25, 0.3) is 0 Å². The predicted molar refractivity (Wildman–Crippen MR) is 84.8 cm³/mol. The second kappa shape index (κ2) is 8.58. The molecule has 0 amide bonds. The third-order valence-corrected chi connectivity index (χ3v) is 3.47. The molecule has 0 saturated carbocycles. The summed E-state index contributed by atoms with van der Waals surface area (Å²) in [6, 6.07) is 6.40. The lowest BCUT2D eigenvalue weighted by Gasteiger charge is -2.19. The molecule has 1 fully saturated rings. The molecular weight excluding hydrogens is 285 g/mol. The van der Waals surface area contributed by atoms with Crippen LogP contribution in [0.15, 0.2) is 29.3 Å². The first-order valence-electron chi connectivity index (χ1n) is 7.66. The summed E-state index contributed by atoms with van der Waals surface area (Å²) in [5.74, 6) is 0.605. The molecule has 1 aromatic rings. The molecule has 2 N–H and O–H groups in total. The van der Waals surface area contributed by atoms with E-state index in [1.807, 2.05) is 6.92 Å². The molecule has 122 valence electrons. The summed E-state index contributed by atoms with van der Waals surface area (Å²) in [5.41, 5.74) is 0. The Morgan fingerprint density at radius 3 is 2.95 bits per heavy atom. The third-order valence-electron chi connectivity index (χ3n) is 3.47. The van der Waals surface area contributed by atoms with Gasteiger partial charge in [-0.2, -0.15) is 0 Å². The molecule has 1 heterocycles. The van der Waals surface area contributed by atoms with Crippen molar-refractivity contribution in [1.82, 2.24) is 10.6 Å². The molecule has 1 saturated heterocycles. The largest absolute Gasteiger partial charge is 0.486 e. The Morgan fingerprint density at radius 1 is 1.45 bits per heavy atom. The molecular formula is C16H24FN3O2. The van der Waals surface area contributed by atoms with Gasteiger partial charge < -0.3 is 20.1 Å². The second-order valence-corrected chi connectivity index (χ2v) is 5.33. The number of hydrogen-bond acceptors (Lipinski definition) is 3. The van der Waals surface area contributed by atoms with E-state index in [0.717, 1.165) is 26.0 Å². The minimum absolute atomic E-state index is 0.182. The van der Waals surface area contributed by atoms with Gasteiger partial charge >= 0.3 is 0 Å². The van der Waals surface area contributed by atoms with Gasteiger partial charge in [-0.05, 0) is 31.9 Å². The zero-order valence-corrected chi connectivity index (χ0v) is 13.1. The molecule has 1 aliphatic rings. The maximum atomic E-state index is 13.5. The highest BCUT2D eigenvalue weighted by atomic mass is 19.1. The SMILES string of the molecule is CN=C(NCC(C)Oc1ccccc1F)NCC1CCCO1. The van der Waals surface area contributed by atoms with Crippen molar-refractivity contribution in [3.05, 3.63) is 30.1 Å². The van der Waals surface area contributed by atoms with E-state index in [1.165, 1.54) is 6.07 Å². The van der Waals surface area contributed by atoms with Crippen molar-refractivity contribution in [1.29, 1.82) is 0 Å². The van der Waals surface area contributed by atoms with Gasteiger partial charge in [0.1, 0.15) is 6.10 Å². The molecule has 2 atom stereocenters. The van der Waals surface area contributed by atoms with E-state index in [9.17, 15) is 4.39 Å². The first-order chi connectivity index (χ1) is 10.7. The Hall–Kier alpha value is -1.82. The normalized spacial score (nSPS) is 19.8. The van der Waals surface area contributed by atoms with E-state index in [0.29, 0.717) is 12.5 Å². The predicted octanol–water partition coefficient (Wildman–Crippen LogP) is 1.94. The minimum atomic E-state index is -0.352. The summed E-state index contributed by atoms with van der Waals surface area (Å²) in [7, 11) is 1.72. The summed E-state index contributed by atoms with van der Waals surface area (Å²) in [6.45, 7) is 3.99. The standard InChI is InChI=1S/C16H24FN3O2/c1-12(22-15-8-4-3-7-14(15)17)10-19-16(18-2)20-11-13-6-5-9-21-13/h3-4,7-8,12-13H,5-6,9-11H2,1-2H3,(H2,18,19,20). The second-order valence-electron chi connectivity index (χ2n) is 5.33. The number of nitrogens with one attached hydrogen (secondary N) is 2. The van der Waals surface area contributed by atoms with Crippen LogP contribution in [0.25, 0.3) is 0 Å². The van der Waals surface area contributed by atoms with Crippen LogP contribution in [0.3, 0.4) is 0 Å². The van der Waals surface area contributed by atoms with Crippen LogP contribution in [0, 0.1) is 5.82 Å². The van der Waals surface area contributed by atoms with E-state index in [-0.39, 0.29) is 23.8 Å². The first-order valence-corrected chi connectivity index (χ1v) is 7.66. The number of ether oxygens (including phenoxy) is 2. The fourth-order valence-corrected chi connectivity index (χ4v) is 2.28. The van der Waals surface area contributed by atoms with Crippen LogP contribution in [0.2, 0.25) is 0 Å². The van der Waals surface area contributed by atoms with Crippen LogP contribution in [-0.2, 0) is 4.74 Å². The Bertz CT molecular complexity index is 490. The van der Waals surface area contributed by atoms with E-state index in [1.54, 1.807) is 25.2 Å². The van der Waals surface area contributed by atoms with Crippen molar-refractivity contribution in [2.75, 3.05) is 26.7 Å². The maximum Gasteiger partial charge on any atom is 0.191 e. The quantitative estimate of drug-likeness (QED) is 0.623. The van der Waals surface area contributed by atoms with Crippen molar-refractivity contribution in [3.63, 3.8) is 0 Å². The van der Waals surface area contributed by atoms with Gasteiger partial charge in [-0.15, -0.1) is 0 Å². The topological polar surface area (TPSA) is 54.9 Å². The van der Waals surface area contributed by atoms with Gasteiger partial charge in [0, 0.05) is 20.2 Å². The molecule has 0 radical (unpaired) electrons. The summed E-state index contributed by atoms with van der Waals surface area (Å²) in [6.07, 6.45) is 2.27. The molecule has 22 heavy (non-hydrogen) atoms. The van der Waals surface area contributed by atoms with Crippen LogP contribution in [0.4, 0.5) is 4.39 Å². The molecule has 0 spiro atoms. The monoisotopic (exact) mass is 309 g/mol. The summed E-state index contributed by atoms with van der Waals surface area (Å²) in [4.78, 5) is 4.15. The molecule has 0 aromatic heterocycles. The highest BCUT2D eigenvalue weighted by Crippen LogP contribution is 2.16. The Balaban J connectivity index is 1.71. The molecule has 1 aliphatic heterocycles. The Morgan fingerprint density at radius 2 is 2.27 bits per heavy atom. The zero-order chi connectivity index (χ0) is 15.8. The number of benzene rings is 1. The van der Waals surface area contributed by atoms with E-state index in [2.05, 4.69) is 15.6 Å². The molecule has 2 unspecified atom stereocenters. The number of guanidine groups is 1. The summed E-state index contributed by atoms with van der Waals surface area (Å²) in [5, 5.41) is 6.39. The smallest absolute Gasteiger partial charge is 0.191 e. The van der Waals surface area contributed by atoms with Gasteiger partial charge in [0.2, 0.25) is 0 Å². The van der Waals surface area contributed by atoms with Crippen molar-refractivity contribution in [2.45, 2.75) is 32.0 Å². The Labute approximate surface area is 130 Å². The van der Waals surface area contributed by atoms with Crippen LogP contribution in [0.1, 0.15) is 19.8 Å². The lowest BCUT2D eigenvalue weighted by atomic mass is 10.2. The van der Waals surface area contributed by atoms with Crippen molar-refractivity contribution in [3.8, 4) is 5.75 Å². The average molecular weight is 309 g/mol. The van der Waals surface area contributed by atoms with Crippen LogP contribution in [-0.4, -0.2) is 44.9 Å². The van der Waals surface area contributed by atoms with Gasteiger partial charge in [-0.3, -0.25) is 4.99 Å².